The fraction of sp³-hybridized carbons (Fsp3) is 0.167. The minimum Gasteiger partial charge on any atom is -0.301 e. The predicted molar refractivity (Wildman–Crippen MR) is 81.3 cm³/mol. The molecule has 11 heteroatoms. The molecule has 0 fully saturated rings. The standard InChI is InChI=1S/C12H8F3N3O3S2/c13-12(14,15)23-6-10(19)17-11-16-9(5-22-11)7-2-1-3-8(4-7)18(20)21/h1-5H,6H2,(H,16,17,19). The molecule has 0 saturated heterocycles. The average molecular weight is 363 g/mol. The molecule has 1 heterocycles. The van der Waals surface area contributed by atoms with Crippen LogP contribution in [-0.2, 0) is 4.79 Å². The summed E-state index contributed by atoms with van der Waals surface area (Å²) in [7, 11) is 0. The van der Waals surface area contributed by atoms with Gasteiger partial charge in [-0.15, -0.1) is 11.3 Å². The molecule has 1 amide bonds. The largest absolute Gasteiger partial charge is 0.442 e. The van der Waals surface area contributed by atoms with Crippen LogP contribution in [0, 0.1) is 10.1 Å². The molecule has 1 aromatic heterocycles. The van der Waals surface area contributed by atoms with Crippen molar-refractivity contribution in [2.24, 2.45) is 0 Å². The second kappa shape index (κ2) is 6.96. The fourth-order valence-electron chi connectivity index (χ4n) is 1.55. The van der Waals surface area contributed by atoms with Crippen LogP contribution in [0.3, 0.4) is 0 Å². The molecule has 0 aliphatic carbocycles. The Bertz CT molecular complexity index is 734. The number of nitro groups is 1. The van der Waals surface area contributed by atoms with Gasteiger partial charge in [0.25, 0.3) is 5.69 Å². The molecule has 0 aliphatic rings. The second-order valence-corrected chi connectivity index (χ2v) is 6.03. The van der Waals surface area contributed by atoms with Crippen molar-refractivity contribution in [3.8, 4) is 11.3 Å². The maximum atomic E-state index is 12.0. The monoisotopic (exact) mass is 363 g/mol. The van der Waals surface area contributed by atoms with Gasteiger partial charge in [0.2, 0.25) is 5.91 Å². The van der Waals surface area contributed by atoms with Gasteiger partial charge in [-0.05, 0) is 11.8 Å². The zero-order valence-corrected chi connectivity index (χ0v) is 12.8. The highest BCUT2D eigenvalue weighted by Gasteiger charge is 2.29. The van der Waals surface area contributed by atoms with E-state index in [0.29, 0.717) is 11.3 Å². The van der Waals surface area contributed by atoms with Crippen LogP contribution in [0.2, 0.25) is 0 Å². The number of alkyl halides is 3. The van der Waals surface area contributed by atoms with Gasteiger partial charge < -0.3 is 5.32 Å². The van der Waals surface area contributed by atoms with Crippen LogP contribution in [0.25, 0.3) is 11.3 Å². The van der Waals surface area contributed by atoms with E-state index in [2.05, 4.69) is 10.3 Å². The summed E-state index contributed by atoms with van der Waals surface area (Å²) in [5.41, 5.74) is -3.73. The molecule has 0 bridgehead atoms. The smallest absolute Gasteiger partial charge is 0.301 e. The predicted octanol–water partition coefficient (Wildman–Crippen LogP) is 3.91. The minimum atomic E-state index is -4.48. The van der Waals surface area contributed by atoms with Gasteiger partial charge >= 0.3 is 5.51 Å². The summed E-state index contributed by atoms with van der Waals surface area (Å²) in [4.78, 5) is 25.6. The van der Waals surface area contributed by atoms with Crippen molar-refractivity contribution in [2.45, 2.75) is 5.51 Å². The maximum absolute atomic E-state index is 12.0. The molecule has 0 atom stereocenters. The van der Waals surface area contributed by atoms with Crippen molar-refractivity contribution < 1.29 is 22.9 Å². The highest BCUT2D eigenvalue weighted by molar-refractivity contribution is 8.00. The summed E-state index contributed by atoms with van der Waals surface area (Å²) in [6.07, 6.45) is 0. The summed E-state index contributed by atoms with van der Waals surface area (Å²) in [5, 5.41) is 14.7. The third-order valence-electron chi connectivity index (χ3n) is 2.47. The van der Waals surface area contributed by atoms with Gasteiger partial charge in [0.15, 0.2) is 5.13 Å². The molecule has 1 N–H and O–H groups in total. The Morgan fingerprint density at radius 1 is 1.43 bits per heavy atom. The van der Waals surface area contributed by atoms with E-state index in [1.807, 2.05) is 0 Å². The van der Waals surface area contributed by atoms with E-state index in [1.54, 1.807) is 11.4 Å². The normalized spacial score (nSPS) is 11.3. The Labute approximate surface area is 135 Å². The second-order valence-electron chi connectivity index (χ2n) is 4.13. The van der Waals surface area contributed by atoms with E-state index in [4.69, 9.17) is 0 Å². The quantitative estimate of drug-likeness (QED) is 0.643. The number of amides is 1. The Hall–Kier alpha value is -2.14. The van der Waals surface area contributed by atoms with Gasteiger partial charge in [0.05, 0.1) is 16.4 Å². The topological polar surface area (TPSA) is 85.1 Å². The number of hydrogen-bond donors (Lipinski definition) is 1. The van der Waals surface area contributed by atoms with Crippen LogP contribution in [0.4, 0.5) is 24.0 Å². The van der Waals surface area contributed by atoms with Crippen LogP contribution >= 0.6 is 23.1 Å². The molecule has 1 aromatic carbocycles. The van der Waals surface area contributed by atoms with E-state index >= 15 is 0 Å². The lowest BCUT2D eigenvalue weighted by Crippen LogP contribution is -2.16. The van der Waals surface area contributed by atoms with E-state index < -0.39 is 33.9 Å². The third-order valence-corrected chi connectivity index (χ3v) is 3.96. The number of non-ortho nitro benzene ring substituents is 1. The molecule has 122 valence electrons. The highest BCUT2D eigenvalue weighted by atomic mass is 32.2. The number of carbonyl (C=O) groups excluding carboxylic acids is 1. The number of benzene rings is 1. The van der Waals surface area contributed by atoms with Gasteiger partial charge in [0, 0.05) is 23.1 Å². The Morgan fingerprint density at radius 2 is 2.17 bits per heavy atom. The lowest BCUT2D eigenvalue weighted by molar-refractivity contribution is -0.384. The molecule has 0 spiro atoms. The molecule has 0 aliphatic heterocycles. The molecule has 2 aromatic rings. The van der Waals surface area contributed by atoms with Crippen LogP contribution in [-0.4, -0.2) is 27.1 Å². The number of nitrogens with one attached hydrogen (secondary N) is 1. The van der Waals surface area contributed by atoms with Crippen molar-refractivity contribution in [3.63, 3.8) is 0 Å². The molecule has 0 unspecified atom stereocenters. The molecule has 6 nitrogen and oxygen atoms in total. The molecule has 0 radical (unpaired) electrons. The number of nitrogens with zero attached hydrogens (tertiary/aromatic N) is 2. The van der Waals surface area contributed by atoms with Crippen molar-refractivity contribution in [1.29, 1.82) is 0 Å². The third kappa shape index (κ3) is 5.21. The van der Waals surface area contributed by atoms with E-state index in [1.165, 1.54) is 18.2 Å². The van der Waals surface area contributed by atoms with Crippen LogP contribution < -0.4 is 5.32 Å². The van der Waals surface area contributed by atoms with Gasteiger partial charge in [-0.2, -0.15) is 13.2 Å². The van der Waals surface area contributed by atoms with Crippen molar-refractivity contribution in [2.75, 3.05) is 11.1 Å². The first-order chi connectivity index (χ1) is 10.7. The average Bonchev–Trinajstić information content (AvgIpc) is 2.93. The number of anilines is 1. The van der Waals surface area contributed by atoms with Crippen LogP contribution in [0.15, 0.2) is 29.6 Å². The number of halogens is 3. The molecule has 23 heavy (non-hydrogen) atoms. The number of thioether (sulfide) groups is 1. The molecule has 0 saturated carbocycles. The zero-order valence-electron chi connectivity index (χ0n) is 11.2. The first-order valence-corrected chi connectivity index (χ1v) is 7.82. The summed E-state index contributed by atoms with van der Waals surface area (Å²) in [5.74, 6) is -1.60. The molecule has 2 rings (SSSR count). The van der Waals surface area contributed by atoms with Crippen molar-refractivity contribution in [1.82, 2.24) is 4.98 Å². The highest BCUT2D eigenvalue weighted by Crippen LogP contribution is 2.31. The number of carbonyl (C=O) groups is 1. The number of nitro benzene ring substituents is 1. The fourth-order valence-corrected chi connectivity index (χ4v) is 2.65. The molecular weight excluding hydrogens is 355 g/mol. The van der Waals surface area contributed by atoms with Crippen molar-refractivity contribution in [3.05, 3.63) is 39.8 Å². The lowest BCUT2D eigenvalue weighted by atomic mass is 10.1. The first kappa shape index (κ1) is 17.2. The van der Waals surface area contributed by atoms with Gasteiger partial charge in [-0.3, -0.25) is 14.9 Å². The summed E-state index contributed by atoms with van der Waals surface area (Å²) < 4.78 is 36.0. The van der Waals surface area contributed by atoms with Gasteiger partial charge in [0.1, 0.15) is 0 Å². The number of hydrogen-bond acceptors (Lipinski definition) is 6. The Morgan fingerprint density at radius 3 is 2.83 bits per heavy atom. The molecular formula is C12H8F3N3O3S2. The van der Waals surface area contributed by atoms with E-state index in [-0.39, 0.29) is 10.8 Å². The summed E-state index contributed by atoms with van der Waals surface area (Å²) >= 11 is 0.576. The van der Waals surface area contributed by atoms with Crippen LogP contribution in [0.5, 0.6) is 0 Å². The number of aromatic nitrogens is 1. The number of rotatable bonds is 5. The maximum Gasteiger partial charge on any atom is 0.442 e. The zero-order chi connectivity index (χ0) is 17.0. The number of thiazole rings is 1. The first-order valence-electron chi connectivity index (χ1n) is 5.95. The lowest BCUT2D eigenvalue weighted by Gasteiger charge is -2.04. The minimum absolute atomic E-state index is 0.109. The SMILES string of the molecule is O=C(CSC(F)(F)F)Nc1nc(-c2cccc([N+](=O)[O-])c2)cs1. The van der Waals surface area contributed by atoms with Crippen LogP contribution in [0.1, 0.15) is 0 Å². The Balaban J connectivity index is 2.05. The van der Waals surface area contributed by atoms with Gasteiger partial charge in [-0.1, -0.05) is 12.1 Å². The van der Waals surface area contributed by atoms with Crippen molar-refractivity contribution >= 4 is 39.8 Å². The summed E-state index contributed by atoms with van der Waals surface area (Å²) in [6.45, 7) is 0. The van der Waals surface area contributed by atoms with E-state index in [9.17, 15) is 28.1 Å². The van der Waals surface area contributed by atoms with E-state index in [0.717, 1.165) is 11.3 Å². The summed E-state index contributed by atoms with van der Waals surface area (Å²) in [6, 6.07) is 5.74. The van der Waals surface area contributed by atoms with Gasteiger partial charge in [-0.25, -0.2) is 4.98 Å². The Kier molecular flexibility index (Phi) is 5.21.